The zero-order valence-electron chi connectivity index (χ0n) is 12.3. The average molecular weight is 317 g/mol. The Kier molecular flexibility index (Phi) is 5.03. The van der Waals surface area contributed by atoms with Crippen molar-refractivity contribution in [2.24, 2.45) is 0 Å². The van der Waals surface area contributed by atoms with E-state index in [1.807, 2.05) is 0 Å². The van der Waals surface area contributed by atoms with E-state index in [2.05, 4.69) is 20.6 Å². The third-order valence-corrected chi connectivity index (χ3v) is 3.00. The number of hydrogen-bond donors (Lipinski definition) is 3. The van der Waals surface area contributed by atoms with Crippen molar-refractivity contribution in [3.63, 3.8) is 0 Å². The molecule has 0 fully saturated rings. The highest BCUT2D eigenvalue weighted by Gasteiger charge is 2.12. The second-order valence-corrected chi connectivity index (χ2v) is 4.67. The zero-order valence-corrected chi connectivity index (χ0v) is 12.3. The summed E-state index contributed by atoms with van der Waals surface area (Å²) in [5, 5.41) is 25.8. The maximum absolute atomic E-state index is 11.8. The Morgan fingerprint density at radius 1 is 1.39 bits per heavy atom. The van der Waals surface area contributed by atoms with Crippen molar-refractivity contribution in [1.29, 1.82) is 0 Å². The van der Waals surface area contributed by atoms with Crippen molar-refractivity contribution in [3.05, 3.63) is 52.0 Å². The molecule has 9 nitrogen and oxygen atoms in total. The van der Waals surface area contributed by atoms with Crippen molar-refractivity contribution in [2.45, 2.75) is 6.92 Å². The van der Waals surface area contributed by atoms with Crippen LogP contribution in [0.2, 0.25) is 0 Å². The largest absolute Gasteiger partial charge is 0.505 e. The molecular formula is C14H15N5O4. The highest BCUT2D eigenvalue weighted by atomic mass is 16.6. The molecule has 23 heavy (non-hydrogen) atoms. The van der Waals surface area contributed by atoms with Crippen LogP contribution in [0.4, 0.5) is 11.5 Å². The Morgan fingerprint density at radius 3 is 2.83 bits per heavy atom. The molecule has 2 aromatic heterocycles. The Balaban J connectivity index is 1.84. The predicted octanol–water partition coefficient (Wildman–Crippen LogP) is 1.24. The number of amides is 1. The number of hydrogen-bond acceptors (Lipinski definition) is 7. The van der Waals surface area contributed by atoms with Gasteiger partial charge >= 0.3 is 0 Å². The molecule has 1 amide bonds. The van der Waals surface area contributed by atoms with E-state index in [0.717, 1.165) is 0 Å². The molecule has 0 bridgehead atoms. The van der Waals surface area contributed by atoms with Gasteiger partial charge in [-0.1, -0.05) is 0 Å². The molecule has 0 saturated heterocycles. The van der Waals surface area contributed by atoms with Gasteiger partial charge < -0.3 is 15.7 Å². The van der Waals surface area contributed by atoms with Gasteiger partial charge in [0.15, 0.2) is 5.69 Å². The molecule has 0 spiro atoms. The number of aromatic hydroxyl groups is 1. The number of anilines is 1. The topological polar surface area (TPSA) is 130 Å². The van der Waals surface area contributed by atoms with E-state index in [0.29, 0.717) is 17.9 Å². The lowest BCUT2D eigenvalue weighted by atomic mass is 10.2. The van der Waals surface area contributed by atoms with Crippen molar-refractivity contribution in [2.75, 3.05) is 18.4 Å². The highest BCUT2D eigenvalue weighted by molar-refractivity contribution is 5.94. The molecular weight excluding hydrogens is 302 g/mol. The van der Waals surface area contributed by atoms with Gasteiger partial charge in [0, 0.05) is 24.8 Å². The predicted molar refractivity (Wildman–Crippen MR) is 82.4 cm³/mol. The molecule has 9 heteroatoms. The maximum Gasteiger partial charge on any atom is 0.290 e. The van der Waals surface area contributed by atoms with E-state index in [9.17, 15) is 20.0 Å². The van der Waals surface area contributed by atoms with Crippen LogP contribution < -0.4 is 10.6 Å². The minimum absolute atomic E-state index is 0.0446. The van der Waals surface area contributed by atoms with Gasteiger partial charge in [-0.25, -0.2) is 9.97 Å². The van der Waals surface area contributed by atoms with Crippen LogP contribution in [0.15, 0.2) is 30.6 Å². The Labute approximate surface area is 131 Å². The van der Waals surface area contributed by atoms with Crippen LogP contribution in [0.5, 0.6) is 5.75 Å². The summed E-state index contributed by atoms with van der Waals surface area (Å²) in [4.78, 5) is 29.7. The first-order valence-corrected chi connectivity index (χ1v) is 6.76. The molecule has 0 radical (unpaired) electrons. The third-order valence-electron chi connectivity index (χ3n) is 3.00. The van der Waals surface area contributed by atoms with Gasteiger partial charge in [0.1, 0.15) is 17.8 Å². The number of aromatic nitrogens is 2. The SMILES string of the molecule is Cc1cc(NCCNC(=O)c2ncccc2O)ncc1[N+](=O)[O-]. The fourth-order valence-electron chi connectivity index (χ4n) is 1.86. The summed E-state index contributed by atoms with van der Waals surface area (Å²) >= 11 is 0. The second-order valence-electron chi connectivity index (χ2n) is 4.67. The average Bonchev–Trinajstić information content (AvgIpc) is 2.51. The molecule has 3 N–H and O–H groups in total. The van der Waals surface area contributed by atoms with Gasteiger partial charge in [-0.3, -0.25) is 14.9 Å². The number of aryl methyl sites for hydroxylation is 1. The lowest BCUT2D eigenvalue weighted by Crippen LogP contribution is -2.29. The quantitative estimate of drug-likeness (QED) is 0.415. The first kappa shape index (κ1) is 16.1. The maximum atomic E-state index is 11.8. The van der Waals surface area contributed by atoms with Crippen molar-refractivity contribution in [3.8, 4) is 5.75 Å². The number of carbonyl (C=O) groups is 1. The zero-order chi connectivity index (χ0) is 16.8. The molecule has 2 rings (SSSR count). The number of nitrogens with one attached hydrogen (secondary N) is 2. The van der Waals surface area contributed by atoms with Crippen LogP contribution in [-0.2, 0) is 0 Å². The molecule has 0 aliphatic carbocycles. The van der Waals surface area contributed by atoms with Gasteiger partial charge in [-0.2, -0.15) is 0 Å². The number of carbonyl (C=O) groups excluding carboxylic acids is 1. The minimum atomic E-state index is -0.494. The summed E-state index contributed by atoms with van der Waals surface area (Å²) in [7, 11) is 0. The number of rotatable bonds is 6. The van der Waals surface area contributed by atoms with E-state index < -0.39 is 10.8 Å². The lowest BCUT2D eigenvalue weighted by Gasteiger charge is -2.08. The van der Waals surface area contributed by atoms with Crippen LogP contribution >= 0.6 is 0 Å². The fourth-order valence-corrected chi connectivity index (χ4v) is 1.86. The van der Waals surface area contributed by atoms with Crippen LogP contribution in [0.3, 0.4) is 0 Å². The van der Waals surface area contributed by atoms with Crippen LogP contribution in [0.25, 0.3) is 0 Å². The van der Waals surface area contributed by atoms with Crippen molar-refractivity contribution < 1.29 is 14.8 Å². The first-order chi connectivity index (χ1) is 11.0. The second kappa shape index (κ2) is 7.16. The Morgan fingerprint density at radius 2 is 2.17 bits per heavy atom. The normalized spacial score (nSPS) is 10.1. The molecule has 0 saturated carbocycles. The van der Waals surface area contributed by atoms with Gasteiger partial charge in [0.2, 0.25) is 0 Å². The van der Waals surface area contributed by atoms with Crippen molar-refractivity contribution >= 4 is 17.4 Å². The highest BCUT2D eigenvalue weighted by Crippen LogP contribution is 2.18. The van der Waals surface area contributed by atoms with E-state index in [1.165, 1.54) is 24.5 Å². The molecule has 120 valence electrons. The third kappa shape index (κ3) is 4.13. The van der Waals surface area contributed by atoms with Gasteiger partial charge in [0.05, 0.1) is 4.92 Å². The monoisotopic (exact) mass is 317 g/mol. The standard InChI is InChI=1S/C14H15N5O4/c1-9-7-12(18-8-10(9)19(22)23)15-5-6-17-14(21)13-11(20)3-2-4-16-13/h2-4,7-8,20H,5-6H2,1H3,(H,15,18)(H,17,21). The summed E-state index contributed by atoms with van der Waals surface area (Å²) in [5.41, 5.74) is 0.404. The lowest BCUT2D eigenvalue weighted by molar-refractivity contribution is -0.385. The van der Waals surface area contributed by atoms with Crippen LogP contribution in [0, 0.1) is 17.0 Å². The molecule has 0 unspecified atom stereocenters. The molecule has 0 aromatic carbocycles. The van der Waals surface area contributed by atoms with E-state index >= 15 is 0 Å². The van der Waals surface area contributed by atoms with Crippen LogP contribution in [0.1, 0.15) is 16.1 Å². The summed E-state index contributed by atoms with van der Waals surface area (Å²) < 4.78 is 0. The van der Waals surface area contributed by atoms with Gasteiger partial charge in [0.25, 0.3) is 11.6 Å². The van der Waals surface area contributed by atoms with Crippen molar-refractivity contribution in [1.82, 2.24) is 15.3 Å². The van der Waals surface area contributed by atoms with Crippen LogP contribution in [-0.4, -0.2) is 39.0 Å². The first-order valence-electron chi connectivity index (χ1n) is 6.76. The fraction of sp³-hybridized carbons (Fsp3) is 0.214. The number of pyridine rings is 2. The van der Waals surface area contributed by atoms with E-state index in [4.69, 9.17) is 0 Å². The Hall–Kier alpha value is -3.23. The summed E-state index contributed by atoms with van der Waals surface area (Å²) in [6, 6.07) is 4.46. The molecule has 2 aromatic rings. The minimum Gasteiger partial charge on any atom is -0.505 e. The Bertz CT molecular complexity index is 735. The van der Waals surface area contributed by atoms with Gasteiger partial charge in [-0.05, 0) is 25.1 Å². The molecule has 0 aliphatic heterocycles. The molecule has 0 atom stereocenters. The van der Waals surface area contributed by atoms with E-state index in [1.54, 1.807) is 13.0 Å². The summed E-state index contributed by atoms with van der Waals surface area (Å²) in [6.07, 6.45) is 2.60. The van der Waals surface area contributed by atoms with E-state index in [-0.39, 0.29) is 23.7 Å². The molecule has 0 aliphatic rings. The summed E-state index contributed by atoms with van der Waals surface area (Å²) in [5.74, 6) is -0.202. The number of nitrogens with zero attached hydrogens (tertiary/aromatic N) is 3. The number of nitro groups is 1. The molecule has 2 heterocycles. The smallest absolute Gasteiger partial charge is 0.290 e. The van der Waals surface area contributed by atoms with Gasteiger partial charge in [-0.15, -0.1) is 0 Å². The summed E-state index contributed by atoms with van der Waals surface area (Å²) in [6.45, 7) is 2.26.